The number of hydrogen-bond donors (Lipinski definition) is 2. The highest BCUT2D eigenvalue weighted by atomic mass is 16.1. The number of hydrogen-bond acceptors (Lipinski definition) is 6. The zero-order valence-electron chi connectivity index (χ0n) is 27.6. The summed E-state index contributed by atoms with van der Waals surface area (Å²) >= 11 is 0. The minimum absolute atomic E-state index is 0.0268. The number of piperidine rings is 1. The molecule has 1 saturated carbocycles. The van der Waals surface area contributed by atoms with Gasteiger partial charge in [0.1, 0.15) is 5.70 Å². The Morgan fingerprint density at radius 3 is 2.28 bits per heavy atom. The van der Waals surface area contributed by atoms with E-state index in [0.717, 1.165) is 81.2 Å². The monoisotopic (exact) mass is 585 g/mol. The molecule has 0 radical (unpaired) electrons. The predicted molar refractivity (Wildman–Crippen MR) is 181 cm³/mol. The molecule has 0 aromatic rings. The molecular weight excluding hydrogens is 530 g/mol. The SMILES string of the molecule is C=C1C(=O)C(NC2CC2)=C1NC(/C=C(/C)C(=C)N1CCN(C2CCN(CC(/C=C\C(C)=C/C)=C/C)CC2)C(CC)C1)=C/C. The van der Waals surface area contributed by atoms with Crippen molar-refractivity contribution in [3.05, 3.63) is 94.7 Å². The topological polar surface area (TPSA) is 50.9 Å². The van der Waals surface area contributed by atoms with Gasteiger partial charge in [0.2, 0.25) is 5.78 Å². The zero-order valence-corrected chi connectivity index (χ0v) is 27.6. The molecule has 4 aliphatic rings. The summed E-state index contributed by atoms with van der Waals surface area (Å²) in [4.78, 5) is 20.2. The van der Waals surface area contributed by atoms with Crippen molar-refractivity contribution < 1.29 is 4.79 Å². The van der Waals surface area contributed by atoms with Gasteiger partial charge in [-0.3, -0.25) is 14.6 Å². The minimum Gasteiger partial charge on any atom is -0.377 e. The molecule has 234 valence electrons. The smallest absolute Gasteiger partial charge is 0.212 e. The summed E-state index contributed by atoms with van der Waals surface area (Å²) in [5, 5.41) is 6.82. The Labute approximate surface area is 261 Å². The molecule has 0 bridgehead atoms. The van der Waals surface area contributed by atoms with Crippen LogP contribution in [0.25, 0.3) is 0 Å². The largest absolute Gasteiger partial charge is 0.377 e. The maximum atomic E-state index is 12.3. The first kappa shape index (κ1) is 32.8. The fraction of sp³-hybridized carbons (Fsp3) is 0.541. The van der Waals surface area contributed by atoms with Crippen molar-refractivity contribution in [2.45, 2.75) is 91.8 Å². The molecule has 2 aliphatic carbocycles. The van der Waals surface area contributed by atoms with E-state index in [4.69, 9.17) is 0 Å². The molecule has 0 aromatic heterocycles. The number of Topliss-reactive ketones (excluding diaryl/α,β-unsaturated/α-hetero) is 1. The number of ketones is 1. The van der Waals surface area contributed by atoms with Gasteiger partial charge in [0, 0.05) is 61.3 Å². The summed E-state index contributed by atoms with van der Waals surface area (Å²) in [5.74, 6) is 0.0268. The third kappa shape index (κ3) is 8.30. The third-order valence-electron chi connectivity index (χ3n) is 9.59. The van der Waals surface area contributed by atoms with E-state index in [1.807, 2.05) is 13.0 Å². The van der Waals surface area contributed by atoms with Crippen LogP contribution >= 0.6 is 0 Å². The van der Waals surface area contributed by atoms with Crippen molar-refractivity contribution in [2.24, 2.45) is 0 Å². The van der Waals surface area contributed by atoms with E-state index in [0.29, 0.717) is 29.4 Å². The van der Waals surface area contributed by atoms with E-state index in [1.165, 1.54) is 24.0 Å². The van der Waals surface area contributed by atoms with Gasteiger partial charge in [-0.25, -0.2) is 0 Å². The Morgan fingerprint density at radius 2 is 1.67 bits per heavy atom. The Bertz CT molecular complexity index is 1250. The maximum absolute atomic E-state index is 12.3. The lowest BCUT2D eigenvalue weighted by Gasteiger charge is -2.48. The van der Waals surface area contributed by atoms with E-state index >= 15 is 0 Å². The van der Waals surface area contributed by atoms with Crippen LogP contribution in [-0.4, -0.2) is 77.9 Å². The van der Waals surface area contributed by atoms with E-state index in [1.54, 1.807) is 0 Å². The van der Waals surface area contributed by atoms with Crippen molar-refractivity contribution in [3.8, 4) is 0 Å². The van der Waals surface area contributed by atoms with Crippen LogP contribution in [0.15, 0.2) is 94.7 Å². The molecule has 6 nitrogen and oxygen atoms in total. The maximum Gasteiger partial charge on any atom is 0.212 e. The molecule has 0 aromatic carbocycles. The highest BCUT2D eigenvalue weighted by Crippen LogP contribution is 2.31. The average Bonchev–Trinajstić information content (AvgIpc) is 3.87. The van der Waals surface area contributed by atoms with Gasteiger partial charge in [-0.15, -0.1) is 0 Å². The van der Waals surface area contributed by atoms with Crippen LogP contribution in [0.4, 0.5) is 0 Å². The molecule has 2 heterocycles. The quantitative estimate of drug-likeness (QED) is 0.194. The first-order valence-corrected chi connectivity index (χ1v) is 16.4. The van der Waals surface area contributed by atoms with Crippen molar-refractivity contribution in [1.29, 1.82) is 0 Å². The standard InChI is InChI=1S/C37H55N5O/c1-9-26(5)13-14-30(10-2)24-40-19-17-34(18-20-40)42-22-21-41(25-33(42)12-4)29(8)27(6)23-31(11-3)38-35-28(7)37(43)36(35)39-32-15-16-32/h9-11,13-14,23,32-34,38-39H,7-8,12,15-22,24-25H2,1-6H3/b14-13-,26-9-,27-23-,30-10+,31-11+. The molecule has 0 amide bonds. The van der Waals surface area contributed by atoms with Gasteiger partial charge in [-0.1, -0.05) is 56.0 Å². The van der Waals surface area contributed by atoms with Crippen molar-refractivity contribution in [1.82, 2.24) is 25.3 Å². The fourth-order valence-corrected chi connectivity index (χ4v) is 6.28. The van der Waals surface area contributed by atoms with E-state index in [-0.39, 0.29) is 5.78 Å². The molecule has 1 atom stereocenters. The molecule has 0 spiro atoms. The van der Waals surface area contributed by atoms with Crippen LogP contribution in [0.5, 0.6) is 0 Å². The van der Waals surface area contributed by atoms with Crippen LogP contribution in [0, 0.1) is 0 Å². The van der Waals surface area contributed by atoms with Gasteiger partial charge in [-0.2, -0.15) is 0 Å². The summed E-state index contributed by atoms with van der Waals surface area (Å²) < 4.78 is 0. The normalized spacial score (nSPS) is 24.2. The van der Waals surface area contributed by atoms with E-state index in [9.17, 15) is 4.79 Å². The number of nitrogens with zero attached hydrogens (tertiary/aromatic N) is 3. The van der Waals surface area contributed by atoms with Gasteiger partial charge >= 0.3 is 0 Å². The number of nitrogens with one attached hydrogen (secondary N) is 2. The van der Waals surface area contributed by atoms with Gasteiger partial charge in [0.25, 0.3) is 0 Å². The van der Waals surface area contributed by atoms with Gasteiger partial charge in [0.05, 0.1) is 5.70 Å². The Morgan fingerprint density at radius 1 is 0.953 bits per heavy atom. The third-order valence-corrected chi connectivity index (χ3v) is 9.59. The number of carbonyl (C=O) groups is 1. The fourth-order valence-electron chi connectivity index (χ4n) is 6.28. The molecule has 4 rings (SSSR count). The van der Waals surface area contributed by atoms with Crippen molar-refractivity contribution >= 4 is 5.78 Å². The number of piperazine rings is 1. The molecular formula is C37H55N5O. The highest BCUT2D eigenvalue weighted by molar-refractivity contribution is 6.19. The Hall–Kier alpha value is -3.09. The van der Waals surface area contributed by atoms with Crippen LogP contribution in [0.2, 0.25) is 0 Å². The zero-order chi connectivity index (χ0) is 31.1. The molecule has 2 saturated heterocycles. The van der Waals surface area contributed by atoms with Gasteiger partial charge in [0.15, 0.2) is 0 Å². The Kier molecular flexibility index (Phi) is 11.5. The second-order valence-electron chi connectivity index (χ2n) is 12.6. The summed E-state index contributed by atoms with van der Waals surface area (Å²) in [6.45, 7) is 27.8. The van der Waals surface area contributed by atoms with Crippen LogP contribution < -0.4 is 10.6 Å². The lowest BCUT2D eigenvalue weighted by atomic mass is 9.92. The van der Waals surface area contributed by atoms with E-state index in [2.05, 4.69) is 103 Å². The second-order valence-corrected chi connectivity index (χ2v) is 12.6. The van der Waals surface area contributed by atoms with Crippen molar-refractivity contribution in [2.75, 3.05) is 39.3 Å². The van der Waals surface area contributed by atoms with Gasteiger partial charge in [-0.05, 0) is 97.0 Å². The van der Waals surface area contributed by atoms with Crippen LogP contribution in [-0.2, 0) is 4.79 Å². The van der Waals surface area contributed by atoms with E-state index < -0.39 is 0 Å². The Balaban J connectivity index is 1.30. The minimum atomic E-state index is 0.0268. The number of rotatable bonds is 13. The first-order chi connectivity index (χ1) is 20.7. The van der Waals surface area contributed by atoms with Crippen molar-refractivity contribution in [3.63, 3.8) is 0 Å². The average molecular weight is 586 g/mol. The summed E-state index contributed by atoms with van der Waals surface area (Å²) in [6, 6.07) is 1.63. The number of likely N-dealkylation sites (tertiary alicyclic amines) is 1. The molecule has 2 N–H and O–H groups in total. The molecule has 2 aliphatic heterocycles. The van der Waals surface area contributed by atoms with Gasteiger partial charge < -0.3 is 15.5 Å². The lowest BCUT2D eigenvalue weighted by molar-refractivity contribution is -0.113. The molecule has 6 heteroatoms. The molecule has 3 fully saturated rings. The van der Waals surface area contributed by atoms with Crippen LogP contribution in [0.3, 0.4) is 0 Å². The molecule has 1 unspecified atom stereocenters. The highest BCUT2D eigenvalue weighted by Gasteiger charge is 2.36. The lowest BCUT2D eigenvalue weighted by Crippen LogP contribution is -2.58. The number of carbonyl (C=O) groups excluding carboxylic acids is 1. The summed E-state index contributed by atoms with van der Waals surface area (Å²) in [7, 11) is 0. The summed E-state index contributed by atoms with van der Waals surface area (Å²) in [5.41, 5.74) is 7.96. The predicted octanol–water partition coefficient (Wildman–Crippen LogP) is 6.37. The second kappa shape index (κ2) is 15.1. The summed E-state index contributed by atoms with van der Waals surface area (Å²) in [6.07, 6.45) is 19.0. The molecule has 43 heavy (non-hydrogen) atoms. The number of allylic oxidation sites excluding steroid dienone is 9. The first-order valence-electron chi connectivity index (χ1n) is 16.4. The van der Waals surface area contributed by atoms with Crippen LogP contribution in [0.1, 0.15) is 73.6 Å².